The number of halogens is 1. The van der Waals surface area contributed by atoms with Crippen molar-refractivity contribution in [3.05, 3.63) is 55.9 Å². The van der Waals surface area contributed by atoms with E-state index in [-0.39, 0.29) is 5.37 Å². The van der Waals surface area contributed by atoms with Crippen molar-refractivity contribution in [2.75, 3.05) is 0 Å². The van der Waals surface area contributed by atoms with E-state index in [1.807, 2.05) is 34.9 Å². The van der Waals surface area contributed by atoms with Gasteiger partial charge in [-0.25, -0.2) is 9.78 Å². The summed E-state index contributed by atoms with van der Waals surface area (Å²) < 4.78 is 3.78. The highest BCUT2D eigenvalue weighted by atomic mass is 79.9. The lowest BCUT2D eigenvalue weighted by atomic mass is 10.1. The Balaban J connectivity index is 2.19. The van der Waals surface area contributed by atoms with E-state index in [0.717, 1.165) is 11.3 Å². The average molecular weight is 423 g/mol. The zero-order chi connectivity index (χ0) is 18.1. The molecule has 1 unspecified atom stereocenters. The first-order chi connectivity index (χ1) is 11.9. The fourth-order valence-corrected chi connectivity index (χ4v) is 4.85. The molecule has 0 saturated heterocycles. The van der Waals surface area contributed by atoms with Crippen molar-refractivity contribution in [2.24, 2.45) is 13.0 Å². The van der Waals surface area contributed by atoms with Gasteiger partial charge in [0.2, 0.25) is 0 Å². The first-order valence-corrected chi connectivity index (χ1v) is 9.64. The van der Waals surface area contributed by atoms with Crippen LogP contribution in [0, 0.1) is 5.92 Å². The molecular weight excluding hydrogens is 404 g/mol. The Morgan fingerprint density at radius 1 is 1.24 bits per heavy atom. The van der Waals surface area contributed by atoms with E-state index in [0.29, 0.717) is 21.8 Å². The summed E-state index contributed by atoms with van der Waals surface area (Å²) in [6, 6.07) is 10.1. The minimum Gasteiger partial charge on any atom is -0.300 e. The van der Waals surface area contributed by atoms with E-state index in [2.05, 4.69) is 39.7 Å². The van der Waals surface area contributed by atoms with Crippen molar-refractivity contribution in [1.82, 2.24) is 19.1 Å². The average Bonchev–Trinajstić information content (AvgIpc) is 2.90. The fraction of sp³-hybridized carbons (Fsp3) is 0.353. The summed E-state index contributed by atoms with van der Waals surface area (Å²) in [7, 11) is 1.60. The van der Waals surface area contributed by atoms with Gasteiger partial charge < -0.3 is 0 Å². The van der Waals surface area contributed by atoms with Crippen LogP contribution in [0.15, 0.2) is 49.6 Å². The molecule has 0 aliphatic rings. The number of thioether (sulfide) groups is 1. The zero-order valence-corrected chi connectivity index (χ0v) is 16.6. The van der Waals surface area contributed by atoms with Crippen LogP contribution in [0.25, 0.3) is 11.2 Å². The SMILES string of the molecule is CC(C)CC(Sc1ccccc1)n1c(Br)nc2c1c(=O)[nH]c(=O)n2C. The van der Waals surface area contributed by atoms with Crippen LogP contribution in [0.2, 0.25) is 0 Å². The number of fused-ring (bicyclic) bond motifs is 1. The van der Waals surface area contributed by atoms with Gasteiger partial charge in [0.1, 0.15) is 0 Å². The molecule has 0 fully saturated rings. The van der Waals surface area contributed by atoms with Gasteiger partial charge in [0.15, 0.2) is 15.9 Å². The third kappa shape index (κ3) is 3.59. The second-order valence-corrected chi connectivity index (χ2v) is 8.22. The lowest BCUT2D eigenvalue weighted by molar-refractivity contribution is 0.506. The predicted molar refractivity (Wildman–Crippen MR) is 104 cm³/mol. The van der Waals surface area contributed by atoms with Crippen molar-refractivity contribution >= 4 is 38.9 Å². The zero-order valence-electron chi connectivity index (χ0n) is 14.2. The van der Waals surface area contributed by atoms with E-state index < -0.39 is 11.2 Å². The van der Waals surface area contributed by atoms with Crippen molar-refractivity contribution < 1.29 is 0 Å². The third-order valence-corrected chi connectivity index (χ3v) is 5.66. The molecule has 6 nitrogen and oxygen atoms in total. The van der Waals surface area contributed by atoms with Crippen molar-refractivity contribution in [3.8, 4) is 0 Å². The van der Waals surface area contributed by atoms with E-state index >= 15 is 0 Å². The lowest BCUT2D eigenvalue weighted by Gasteiger charge is -2.21. The van der Waals surface area contributed by atoms with Crippen LogP contribution in [-0.4, -0.2) is 19.1 Å². The van der Waals surface area contributed by atoms with Gasteiger partial charge in [0.25, 0.3) is 5.56 Å². The van der Waals surface area contributed by atoms with E-state index in [4.69, 9.17) is 0 Å². The summed E-state index contributed by atoms with van der Waals surface area (Å²) >= 11 is 5.15. The van der Waals surface area contributed by atoms with Crippen LogP contribution >= 0.6 is 27.7 Å². The van der Waals surface area contributed by atoms with Gasteiger partial charge in [0, 0.05) is 11.9 Å². The Kier molecular flexibility index (Phi) is 5.19. The molecule has 1 N–H and O–H groups in total. The van der Waals surface area contributed by atoms with E-state index in [9.17, 15) is 9.59 Å². The highest BCUT2D eigenvalue weighted by Crippen LogP contribution is 2.39. The van der Waals surface area contributed by atoms with Gasteiger partial charge in [-0.1, -0.05) is 32.0 Å². The molecular formula is C17H19BrN4O2S. The highest BCUT2D eigenvalue weighted by molar-refractivity contribution is 9.10. The number of hydrogen-bond donors (Lipinski definition) is 1. The maximum Gasteiger partial charge on any atom is 0.329 e. The van der Waals surface area contributed by atoms with Crippen LogP contribution in [0.3, 0.4) is 0 Å². The number of H-pyrrole nitrogens is 1. The maximum absolute atomic E-state index is 12.5. The largest absolute Gasteiger partial charge is 0.329 e. The Morgan fingerprint density at radius 3 is 2.56 bits per heavy atom. The quantitative estimate of drug-likeness (QED) is 0.504. The molecule has 0 saturated carbocycles. The standard InChI is InChI=1S/C17H19BrN4O2S/c1-10(2)9-12(25-11-7-5-4-6-8-11)22-13-14(19-16(22)18)21(3)17(24)20-15(13)23/h4-8,10,12H,9H2,1-3H3,(H,20,23,24). The summed E-state index contributed by atoms with van der Waals surface area (Å²) in [5.74, 6) is 0.428. The molecule has 8 heteroatoms. The van der Waals surface area contributed by atoms with Crippen LogP contribution in [0.4, 0.5) is 0 Å². The monoisotopic (exact) mass is 422 g/mol. The number of imidazole rings is 1. The molecule has 3 aromatic rings. The van der Waals surface area contributed by atoms with E-state index in [1.165, 1.54) is 4.57 Å². The van der Waals surface area contributed by atoms with Gasteiger partial charge in [0.05, 0.1) is 5.37 Å². The Morgan fingerprint density at radius 2 is 1.92 bits per heavy atom. The summed E-state index contributed by atoms with van der Waals surface area (Å²) in [5.41, 5.74) is -0.101. The van der Waals surface area contributed by atoms with Gasteiger partial charge in [-0.15, -0.1) is 11.8 Å². The number of nitrogens with one attached hydrogen (secondary N) is 1. The topological polar surface area (TPSA) is 72.7 Å². The number of aromatic amines is 1. The van der Waals surface area contributed by atoms with Gasteiger partial charge >= 0.3 is 5.69 Å². The molecule has 2 heterocycles. The van der Waals surface area contributed by atoms with E-state index in [1.54, 1.807) is 18.8 Å². The number of hydrogen-bond acceptors (Lipinski definition) is 4. The molecule has 0 aliphatic heterocycles. The number of benzene rings is 1. The van der Waals surface area contributed by atoms with Crippen LogP contribution < -0.4 is 11.2 Å². The second-order valence-electron chi connectivity index (χ2n) is 6.26. The number of nitrogens with zero attached hydrogens (tertiary/aromatic N) is 3. The number of aryl methyl sites for hydroxylation is 1. The molecule has 3 rings (SSSR count). The van der Waals surface area contributed by atoms with Crippen molar-refractivity contribution in [1.29, 1.82) is 0 Å². The van der Waals surface area contributed by atoms with Crippen molar-refractivity contribution in [3.63, 3.8) is 0 Å². The molecule has 0 radical (unpaired) electrons. The van der Waals surface area contributed by atoms with Crippen LogP contribution in [-0.2, 0) is 7.05 Å². The molecule has 0 amide bonds. The molecule has 0 aliphatic carbocycles. The summed E-state index contributed by atoms with van der Waals surface area (Å²) in [4.78, 5) is 32.2. The summed E-state index contributed by atoms with van der Waals surface area (Å²) in [6.07, 6.45) is 0.853. The molecule has 25 heavy (non-hydrogen) atoms. The number of aromatic nitrogens is 4. The Hall–Kier alpha value is -1.80. The van der Waals surface area contributed by atoms with Crippen LogP contribution in [0.1, 0.15) is 25.6 Å². The third-order valence-electron chi connectivity index (χ3n) is 3.88. The first kappa shape index (κ1) is 18.0. The molecule has 1 atom stereocenters. The highest BCUT2D eigenvalue weighted by Gasteiger charge is 2.24. The van der Waals surface area contributed by atoms with Gasteiger partial charge in [-0.05, 0) is 40.4 Å². The predicted octanol–water partition coefficient (Wildman–Crippen LogP) is 3.52. The van der Waals surface area contributed by atoms with Gasteiger partial charge in [-0.2, -0.15) is 0 Å². The van der Waals surface area contributed by atoms with Gasteiger partial charge in [-0.3, -0.25) is 18.9 Å². The Bertz CT molecular complexity index is 1010. The second kappa shape index (κ2) is 7.21. The number of rotatable bonds is 5. The normalized spacial score (nSPS) is 12.8. The maximum atomic E-state index is 12.5. The molecule has 0 spiro atoms. The lowest BCUT2D eigenvalue weighted by Crippen LogP contribution is -2.29. The molecule has 1 aromatic carbocycles. The Labute approximate surface area is 157 Å². The first-order valence-electron chi connectivity index (χ1n) is 7.97. The fourth-order valence-electron chi connectivity index (χ4n) is 2.70. The minimum absolute atomic E-state index is 0.0274. The molecule has 2 aromatic heterocycles. The minimum atomic E-state index is -0.467. The molecule has 0 bridgehead atoms. The molecule has 132 valence electrons. The van der Waals surface area contributed by atoms with Crippen LogP contribution in [0.5, 0.6) is 0 Å². The summed E-state index contributed by atoms with van der Waals surface area (Å²) in [6.45, 7) is 4.29. The summed E-state index contributed by atoms with van der Waals surface area (Å²) in [5, 5.41) is -0.0274. The van der Waals surface area contributed by atoms with Crippen molar-refractivity contribution in [2.45, 2.75) is 30.5 Å². The smallest absolute Gasteiger partial charge is 0.300 e.